The second-order valence-electron chi connectivity index (χ2n) is 4.68. The van der Waals surface area contributed by atoms with Crippen LogP contribution in [-0.2, 0) is 0 Å². The largest absolute Gasteiger partial charge is 0.374 e. The molecule has 1 heterocycles. The molecule has 0 spiro atoms. The summed E-state index contributed by atoms with van der Waals surface area (Å²) in [6.45, 7) is 0. The molecule has 0 radical (unpaired) electrons. The Labute approximate surface area is 120 Å². The van der Waals surface area contributed by atoms with Crippen molar-refractivity contribution in [3.8, 4) is 10.6 Å². The minimum Gasteiger partial charge on any atom is -0.374 e. The molecule has 0 aliphatic heterocycles. The monoisotopic (exact) mass is 284 g/mol. The van der Waals surface area contributed by atoms with Gasteiger partial charge in [0.2, 0.25) is 5.78 Å². The lowest BCUT2D eigenvalue weighted by atomic mass is 10.0. The van der Waals surface area contributed by atoms with E-state index in [1.165, 1.54) is 17.4 Å². The zero-order valence-corrected chi connectivity index (χ0v) is 11.9. The van der Waals surface area contributed by atoms with E-state index in [2.05, 4.69) is 4.98 Å². The molecule has 1 aromatic carbocycles. The summed E-state index contributed by atoms with van der Waals surface area (Å²) in [5.74, 6) is -0.342. The molecule has 1 aromatic heterocycles. The second kappa shape index (κ2) is 4.68. The van der Waals surface area contributed by atoms with Gasteiger partial charge in [-0.3, -0.25) is 9.59 Å². The number of likely N-dealkylation sites (N-methyl/N-ethyl adjacent to an activating group) is 1. The van der Waals surface area contributed by atoms with Gasteiger partial charge < -0.3 is 4.90 Å². The predicted molar refractivity (Wildman–Crippen MR) is 78.0 cm³/mol. The van der Waals surface area contributed by atoms with Crippen LogP contribution in [0.2, 0.25) is 0 Å². The molecular formula is C15H12N2O2S. The highest BCUT2D eigenvalue weighted by molar-refractivity contribution is 7.17. The van der Waals surface area contributed by atoms with Crippen molar-refractivity contribution in [1.82, 2.24) is 9.88 Å². The van der Waals surface area contributed by atoms with Gasteiger partial charge in [0.1, 0.15) is 15.6 Å². The molecule has 0 N–H and O–H groups in total. The van der Waals surface area contributed by atoms with Gasteiger partial charge in [0.25, 0.3) is 0 Å². The molecule has 0 unspecified atom stereocenters. The highest BCUT2D eigenvalue weighted by Crippen LogP contribution is 2.32. The van der Waals surface area contributed by atoms with E-state index in [9.17, 15) is 9.59 Å². The van der Waals surface area contributed by atoms with Crippen molar-refractivity contribution in [3.63, 3.8) is 0 Å². The van der Waals surface area contributed by atoms with Crippen LogP contribution in [-0.4, -0.2) is 35.5 Å². The van der Waals surface area contributed by atoms with E-state index in [1.54, 1.807) is 19.0 Å². The summed E-state index contributed by atoms with van der Waals surface area (Å²) in [6.07, 6.45) is 1.39. The lowest BCUT2D eigenvalue weighted by molar-refractivity contribution is 0.0961. The molecule has 0 bridgehead atoms. The van der Waals surface area contributed by atoms with Crippen molar-refractivity contribution in [2.45, 2.75) is 0 Å². The van der Waals surface area contributed by atoms with Crippen LogP contribution in [0.15, 0.2) is 42.1 Å². The zero-order valence-electron chi connectivity index (χ0n) is 11.1. The van der Waals surface area contributed by atoms with Gasteiger partial charge in [-0.25, -0.2) is 4.98 Å². The van der Waals surface area contributed by atoms with Gasteiger partial charge in [0, 0.05) is 25.7 Å². The molecule has 4 nitrogen and oxygen atoms in total. The van der Waals surface area contributed by atoms with E-state index in [4.69, 9.17) is 0 Å². The Hall–Kier alpha value is -2.27. The third-order valence-electron chi connectivity index (χ3n) is 3.07. The molecule has 0 fully saturated rings. The Kier molecular flexibility index (Phi) is 2.99. The highest BCUT2D eigenvalue weighted by atomic mass is 32.1. The molecule has 3 rings (SSSR count). The van der Waals surface area contributed by atoms with Crippen molar-refractivity contribution in [3.05, 3.63) is 52.7 Å². The van der Waals surface area contributed by atoms with Crippen LogP contribution in [0.3, 0.4) is 0 Å². The van der Waals surface area contributed by atoms with Gasteiger partial charge >= 0.3 is 0 Å². The van der Waals surface area contributed by atoms with Crippen LogP contribution >= 0.6 is 11.3 Å². The van der Waals surface area contributed by atoms with Crippen molar-refractivity contribution in [2.75, 3.05) is 14.1 Å². The number of hydrogen-bond donors (Lipinski definition) is 0. The summed E-state index contributed by atoms with van der Waals surface area (Å²) in [4.78, 5) is 30.9. The Bertz CT molecular complexity index is 730. The van der Waals surface area contributed by atoms with Crippen molar-refractivity contribution < 1.29 is 9.59 Å². The maximum Gasteiger partial charge on any atom is 0.229 e. The van der Waals surface area contributed by atoms with Gasteiger partial charge in [-0.15, -0.1) is 11.3 Å². The van der Waals surface area contributed by atoms with Crippen molar-refractivity contribution >= 4 is 22.9 Å². The summed E-state index contributed by atoms with van der Waals surface area (Å²) >= 11 is 1.27. The number of rotatable bonds is 2. The standard InChI is InChI=1S/C15H12N2O2S/c1-17(2)10-8-11(18)14-12(13(10)19)16-15(20-14)9-6-4-3-5-7-9/h3-8H,1-2H3. The van der Waals surface area contributed by atoms with E-state index in [-0.39, 0.29) is 17.3 Å². The quantitative estimate of drug-likeness (QED) is 0.850. The molecule has 1 aliphatic carbocycles. The van der Waals surface area contributed by atoms with Crippen LogP contribution < -0.4 is 0 Å². The summed E-state index contributed by atoms with van der Waals surface area (Å²) in [6, 6.07) is 9.56. The number of aromatic nitrogens is 1. The fourth-order valence-corrected chi connectivity index (χ4v) is 3.03. The fraction of sp³-hybridized carbons (Fsp3) is 0.133. The van der Waals surface area contributed by atoms with E-state index >= 15 is 0 Å². The maximum atomic E-state index is 12.3. The highest BCUT2D eigenvalue weighted by Gasteiger charge is 2.31. The molecule has 20 heavy (non-hydrogen) atoms. The number of carbonyl (C=O) groups is 2. The first-order valence-corrected chi connectivity index (χ1v) is 6.94. The molecule has 2 aromatic rings. The predicted octanol–water partition coefficient (Wildman–Crippen LogP) is 2.63. The van der Waals surface area contributed by atoms with E-state index in [1.807, 2.05) is 30.3 Å². The topological polar surface area (TPSA) is 50.3 Å². The molecule has 1 aliphatic rings. The number of ketones is 2. The van der Waals surface area contributed by atoms with Gasteiger partial charge in [0.15, 0.2) is 5.78 Å². The lowest BCUT2D eigenvalue weighted by Crippen LogP contribution is -2.25. The molecule has 0 atom stereocenters. The number of Topliss-reactive ketones (excluding diaryl/α,β-unsaturated/α-hetero) is 1. The first kappa shape index (κ1) is 12.7. The third-order valence-corrected chi connectivity index (χ3v) is 4.19. The van der Waals surface area contributed by atoms with Crippen LogP contribution in [0.4, 0.5) is 0 Å². The molecule has 0 saturated heterocycles. The Morgan fingerprint density at radius 1 is 1.10 bits per heavy atom. The Balaban J connectivity index is 2.10. The fourth-order valence-electron chi connectivity index (χ4n) is 2.05. The second-order valence-corrected chi connectivity index (χ2v) is 5.68. The van der Waals surface area contributed by atoms with Gasteiger partial charge in [-0.1, -0.05) is 30.3 Å². The minimum atomic E-state index is -0.192. The Morgan fingerprint density at radius 3 is 2.45 bits per heavy atom. The molecule has 5 heteroatoms. The smallest absolute Gasteiger partial charge is 0.229 e. The number of nitrogens with zero attached hydrogens (tertiary/aromatic N) is 2. The van der Waals surface area contributed by atoms with E-state index in [0.29, 0.717) is 15.6 Å². The van der Waals surface area contributed by atoms with Gasteiger partial charge in [-0.2, -0.15) is 0 Å². The number of hydrogen-bond acceptors (Lipinski definition) is 5. The zero-order chi connectivity index (χ0) is 14.3. The minimum absolute atomic E-state index is 0.150. The average molecular weight is 284 g/mol. The maximum absolute atomic E-state index is 12.3. The lowest BCUT2D eigenvalue weighted by Gasteiger charge is -2.17. The number of carbonyl (C=O) groups excluding carboxylic acids is 2. The normalized spacial score (nSPS) is 14.0. The molecule has 100 valence electrons. The van der Waals surface area contributed by atoms with Gasteiger partial charge in [-0.05, 0) is 0 Å². The summed E-state index contributed by atoms with van der Waals surface area (Å²) in [5, 5.41) is 0.700. The number of allylic oxidation sites excluding steroid dienone is 2. The first-order valence-electron chi connectivity index (χ1n) is 6.12. The third kappa shape index (κ3) is 1.96. The Morgan fingerprint density at radius 2 is 1.80 bits per heavy atom. The average Bonchev–Trinajstić information content (AvgIpc) is 2.89. The summed E-state index contributed by atoms with van der Waals surface area (Å²) in [5.41, 5.74) is 1.57. The first-order chi connectivity index (χ1) is 9.58. The van der Waals surface area contributed by atoms with Crippen LogP contribution in [0.1, 0.15) is 20.2 Å². The van der Waals surface area contributed by atoms with Crippen LogP contribution in [0, 0.1) is 0 Å². The summed E-state index contributed by atoms with van der Waals surface area (Å²) < 4.78 is 0. The number of thiazole rings is 1. The summed E-state index contributed by atoms with van der Waals surface area (Å²) in [7, 11) is 3.49. The van der Waals surface area contributed by atoms with E-state index in [0.717, 1.165) is 5.56 Å². The number of fused-ring (bicyclic) bond motifs is 1. The molecular weight excluding hydrogens is 272 g/mol. The number of benzene rings is 1. The van der Waals surface area contributed by atoms with Gasteiger partial charge in [0.05, 0.1) is 5.70 Å². The van der Waals surface area contributed by atoms with E-state index < -0.39 is 0 Å². The molecule has 0 amide bonds. The van der Waals surface area contributed by atoms with Crippen molar-refractivity contribution in [2.24, 2.45) is 0 Å². The van der Waals surface area contributed by atoms with Crippen molar-refractivity contribution in [1.29, 1.82) is 0 Å². The molecule has 0 saturated carbocycles. The van der Waals surface area contributed by atoms with Crippen LogP contribution in [0.25, 0.3) is 10.6 Å². The SMILES string of the molecule is CN(C)C1=CC(=O)c2sc(-c3ccccc3)nc2C1=O. The van der Waals surface area contributed by atoms with Crippen LogP contribution in [0.5, 0.6) is 0 Å².